The number of halogens is 2. The van der Waals surface area contributed by atoms with Gasteiger partial charge in [0.2, 0.25) is 0 Å². The van der Waals surface area contributed by atoms with Crippen LogP contribution in [0.5, 0.6) is 0 Å². The van der Waals surface area contributed by atoms with Crippen molar-refractivity contribution < 1.29 is 23.5 Å². The van der Waals surface area contributed by atoms with Gasteiger partial charge in [0.05, 0.1) is 6.42 Å². The first-order valence-electron chi connectivity index (χ1n) is 12.4. The largest absolute Gasteiger partial charge is 0.481 e. The number of benzene rings is 4. The SMILES string of the molecule is CCCC(c1ccc(C(=O)NCCC(=O)O)cc1)C(c1ccc(F)cc1)c1ccc(F)c2ccccc12. The Kier molecular flexibility index (Phi) is 8.29. The van der Waals surface area contributed by atoms with Gasteiger partial charge in [-0.15, -0.1) is 0 Å². The predicted molar refractivity (Wildman–Crippen MR) is 141 cm³/mol. The molecule has 0 aromatic heterocycles. The van der Waals surface area contributed by atoms with E-state index in [9.17, 15) is 18.4 Å². The summed E-state index contributed by atoms with van der Waals surface area (Å²) in [6, 6.07) is 24.4. The van der Waals surface area contributed by atoms with E-state index in [2.05, 4.69) is 12.2 Å². The minimum atomic E-state index is -0.974. The fourth-order valence-corrected chi connectivity index (χ4v) is 4.96. The quantitative estimate of drug-likeness (QED) is 0.245. The topological polar surface area (TPSA) is 66.4 Å². The summed E-state index contributed by atoms with van der Waals surface area (Å²) in [6.45, 7) is 2.15. The van der Waals surface area contributed by atoms with Crippen LogP contribution in [0.3, 0.4) is 0 Å². The van der Waals surface area contributed by atoms with Crippen LogP contribution in [0.1, 0.15) is 65.1 Å². The minimum Gasteiger partial charge on any atom is -0.481 e. The van der Waals surface area contributed by atoms with Crippen LogP contribution in [0, 0.1) is 11.6 Å². The van der Waals surface area contributed by atoms with Crippen molar-refractivity contribution in [1.29, 1.82) is 0 Å². The van der Waals surface area contributed by atoms with Gasteiger partial charge >= 0.3 is 5.97 Å². The molecule has 2 N–H and O–H groups in total. The number of fused-ring (bicyclic) bond motifs is 1. The van der Waals surface area contributed by atoms with Gasteiger partial charge in [-0.05, 0) is 64.7 Å². The van der Waals surface area contributed by atoms with Crippen molar-refractivity contribution in [2.75, 3.05) is 6.54 Å². The van der Waals surface area contributed by atoms with Crippen LogP contribution < -0.4 is 5.32 Å². The number of carbonyl (C=O) groups is 2. The van der Waals surface area contributed by atoms with E-state index in [1.54, 1.807) is 30.3 Å². The van der Waals surface area contributed by atoms with Crippen LogP contribution in [-0.4, -0.2) is 23.5 Å². The first-order valence-corrected chi connectivity index (χ1v) is 12.4. The fourth-order valence-electron chi connectivity index (χ4n) is 4.96. The Bertz CT molecular complexity index is 1380. The van der Waals surface area contributed by atoms with Gasteiger partial charge < -0.3 is 10.4 Å². The molecule has 4 aromatic rings. The Morgan fingerprint density at radius 2 is 1.49 bits per heavy atom. The number of carbonyl (C=O) groups excluding carboxylic acids is 1. The lowest BCUT2D eigenvalue weighted by Gasteiger charge is -2.30. The normalized spacial score (nSPS) is 12.7. The summed E-state index contributed by atoms with van der Waals surface area (Å²) in [7, 11) is 0. The van der Waals surface area contributed by atoms with Crippen molar-refractivity contribution in [1.82, 2.24) is 5.32 Å². The highest BCUT2D eigenvalue weighted by atomic mass is 19.1. The molecule has 1 amide bonds. The molecule has 190 valence electrons. The van der Waals surface area contributed by atoms with Crippen molar-refractivity contribution in [3.05, 3.63) is 119 Å². The molecule has 0 saturated carbocycles. The molecule has 0 spiro atoms. The van der Waals surface area contributed by atoms with Gasteiger partial charge in [-0.3, -0.25) is 9.59 Å². The molecule has 0 aliphatic rings. The summed E-state index contributed by atoms with van der Waals surface area (Å²) >= 11 is 0. The lowest BCUT2D eigenvalue weighted by Crippen LogP contribution is -2.26. The average molecular weight is 502 g/mol. The molecule has 2 unspecified atom stereocenters. The first kappa shape index (κ1) is 26.0. The van der Waals surface area contributed by atoms with Crippen LogP contribution >= 0.6 is 0 Å². The van der Waals surface area contributed by atoms with Crippen molar-refractivity contribution in [2.24, 2.45) is 0 Å². The molecule has 0 aliphatic carbocycles. The molecule has 0 saturated heterocycles. The zero-order valence-electron chi connectivity index (χ0n) is 20.6. The molecule has 0 aliphatic heterocycles. The summed E-state index contributed by atoms with van der Waals surface area (Å²) in [5, 5.41) is 12.8. The molecule has 4 nitrogen and oxygen atoms in total. The third kappa shape index (κ3) is 6.02. The Balaban J connectivity index is 1.77. The van der Waals surface area contributed by atoms with Crippen LogP contribution in [0.2, 0.25) is 0 Å². The maximum atomic E-state index is 14.7. The number of hydrogen-bond acceptors (Lipinski definition) is 2. The Morgan fingerprint density at radius 3 is 2.14 bits per heavy atom. The molecule has 6 heteroatoms. The number of nitrogens with one attached hydrogen (secondary N) is 1. The van der Waals surface area contributed by atoms with Crippen LogP contribution in [0.25, 0.3) is 10.8 Å². The zero-order valence-corrected chi connectivity index (χ0v) is 20.6. The molecule has 0 radical (unpaired) electrons. The Morgan fingerprint density at radius 1 is 0.838 bits per heavy atom. The van der Waals surface area contributed by atoms with Crippen LogP contribution in [0.15, 0.2) is 84.9 Å². The highest BCUT2D eigenvalue weighted by molar-refractivity contribution is 5.94. The molecule has 0 heterocycles. The van der Waals surface area contributed by atoms with Crippen LogP contribution in [0.4, 0.5) is 8.78 Å². The van der Waals surface area contributed by atoms with Gasteiger partial charge in [0, 0.05) is 23.4 Å². The lowest BCUT2D eigenvalue weighted by atomic mass is 9.74. The van der Waals surface area contributed by atoms with Crippen molar-refractivity contribution in [2.45, 2.75) is 38.0 Å². The second-order valence-corrected chi connectivity index (χ2v) is 9.13. The summed E-state index contributed by atoms with van der Waals surface area (Å²) in [4.78, 5) is 23.2. The first-order chi connectivity index (χ1) is 17.9. The van der Waals surface area contributed by atoms with Crippen molar-refractivity contribution in [3.8, 4) is 0 Å². The maximum absolute atomic E-state index is 14.7. The van der Waals surface area contributed by atoms with E-state index in [4.69, 9.17) is 5.11 Å². The maximum Gasteiger partial charge on any atom is 0.305 e. The Labute approximate surface area is 215 Å². The van der Waals surface area contributed by atoms with Gasteiger partial charge in [0.15, 0.2) is 0 Å². The monoisotopic (exact) mass is 501 g/mol. The third-order valence-electron chi connectivity index (χ3n) is 6.70. The smallest absolute Gasteiger partial charge is 0.305 e. The number of amides is 1. The minimum absolute atomic E-state index is 0.0200. The van der Waals surface area contributed by atoms with Gasteiger partial charge in [-0.25, -0.2) is 8.78 Å². The summed E-state index contributed by atoms with van der Waals surface area (Å²) < 4.78 is 28.6. The number of rotatable bonds is 10. The molecular weight excluding hydrogens is 472 g/mol. The van der Waals surface area contributed by atoms with Gasteiger partial charge in [0.1, 0.15) is 11.6 Å². The summed E-state index contributed by atoms with van der Waals surface area (Å²) in [5.41, 5.74) is 3.33. The second kappa shape index (κ2) is 11.8. The van der Waals surface area contributed by atoms with Crippen molar-refractivity contribution >= 4 is 22.6 Å². The number of aliphatic carboxylic acids is 1. The van der Waals surface area contributed by atoms with E-state index in [0.29, 0.717) is 10.9 Å². The summed E-state index contributed by atoms with van der Waals surface area (Å²) in [5.74, 6) is -2.12. The van der Waals surface area contributed by atoms with E-state index >= 15 is 0 Å². The fraction of sp³-hybridized carbons (Fsp3) is 0.226. The van der Waals surface area contributed by atoms with E-state index in [-0.39, 0.29) is 42.3 Å². The van der Waals surface area contributed by atoms with Gasteiger partial charge in [-0.1, -0.05) is 67.9 Å². The average Bonchev–Trinajstić information content (AvgIpc) is 2.90. The molecule has 0 fully saturated rings. The second-order valence-electron chi connectivity index (χ2n) is 9.13. The van der Waals surface area contributed by atoms with Crippen LogP contribution in [-0.2, 0) is 4.79 Å². The van der Waals surface area contributed by atoms with E-state index in [1.807, 2.05) is 36.4 Å². The summed E-state index contributed by atoms with van der Waals surface area (Å²) in [6.07, 6.45) is 1.56. The molecule has 4 rings (SSSR count). The zero-order chi connectivity index (χ0) is 26.4. The predicted octanol–water partition coefficient (Wildman–Crippen LogP) is 7.04. The number of hydrogen-bond donors (Lipinski definition) is 2. The number of carboxylic acid groups (broad SMARTS) is 1. The highest BCUT2D eigenvalue weighted by Gasteiger charge is 2.28. The van der Waals surface area contributed by atoms with Crippen molar-refractivity contribution in [3.63, 3.8) is 0 Å². The molecule has 0 bridgehead atoms. The van der Waals surface area contributed by atoms with E-state index in [0.717, 1.165) is 34.9 Å². The Hall–Kier alpha value is -4.06. The van der Waals surface area contributed by atoms with E-state index < -0.39 is 5.97 Å². The highest BCUT2D eigenvalue weighted by Crippen LogP contribution is 2.44. The molecule has 4 aromatic carbocycles. The molecular formula is C31H29F2NO3. The standard InChI is InChI=1S/C31H29F2NO3/c1-2-5-24(20-8-10-22(11-9-20)31(37)34-19-18-29(35)36)30(21-12-14-23(32)15-13-21)27-16-17-28(33)26-7-4-3-6-25(26)27/h3-4,6-17,24,30H,2,5,18-19H2,1H3,(H,34,37)(H,35,36). The lowest BCUT2D eigenvalue weighted by molar-refractivity contribution is -0.136. The van der Waals surface area contributed by atoms with E-state index in [1.165, 1.54) is 18.2 Å². The van der Waals surface area contributed by atoms with Gasteiger partial charge in [-0.2, -0.15) is 0 Å². The number of carboxylic acids is 1. The van der Waals surface area contributed by atoms with Gasteiger partial charge in [0.25, 0.3) is 5.91 Å². The molecule has 37 heavy (non-hydrogen) atoms. The molecule has 2 atom stereocenters. The third-order valence-corrected chi connectivity index (χ3v) is 6.70.